The average molecular weight is 392 g/mol. The number of methoxy groups -OCH3 is 2. The molecule has 10 heteroatoms. The van der Waals surface area contributed by atoms with Gasteiger partial charge in [-0.15, -0.1) is 0 Å². The quantitative estimate of drug-likeness (QED) is 0.532. The van der Waals surface area contributed by atoms with Crippen LogP contribution in [-0.4, -0.2) is 50.2 Å². The van der Waals surface area contributed by atoms with Crippen LogP contribution in [0.25, 0.3) is 11.0 Å². The highest BCUT2D eigenvalue weighted by atomic mass is 16.5. The molecule has 0 spiro atoms. The summed E-state index contributed by atoms with van der Waals surface area (Å²) in [7, 11) is 2.93. The summed E-state index contributed by atoms with van der Waals surface area (Å²) < 4.78 is 15.7. The van der Waals surface area contributed by atoms with E-state index in [1.54, 1.807) is 13.0 Å². The Morgan fingerprint density at radius 3 is 2.25 bits per heavy atom. The lowest BCUT2D eigenvalue weighted by molar-refractivity contribution is -0.137. The number of aryl methyl sites for hydroxylation is 1. The van der Waals surface area contributed by atoms with Crippen molar-refractivity contribution < 1.29 is 33.4 Å². The molecule has 0 fully saturated rings. The van der Waals surface area contributed by atoms with Gasteiger partial charge in [-0.05, 0) is 18.6 Å². The van der Waals surface area contributed by atoms with Gasteiger partial charge in [0.05, 0.1) is 32.7 Å². The molecular formula is C18H20N2O8. The first-order valence-corrected chi connectivity index (χ1v) is 8.20. The molecule has 0 atom stereocenters. The van der Waals surface area contributed by atoms with Crippen molar-refractivity contribution in [2.24, 2.45) is 0 Å². The zero-order chi connectivity index (χ0) is 20.8. The van der Waals surface area contributed by atoms with Gasteiger partial charge >= 0.3 is 11.6 Å². The standard InChI is InChI=1S/C18H20N2O8/c1-9-10-4-13(26-2)14(27-3)6-12(10)28-18(25)11(9)5-15(21)19-7-16(22)20-8-17(23)24/h4,6H,5,7-8H2,1-3H3,(H,19,21)(H,20,22)(H,23,24). The third-order valence-electron chi connectivity index (χ3n) is 4.01. The molecule has 1 aromatic heterocycles. The Hall–Kier alpha value is -3.56. The third kappa shape index (κ3) is 4.78. The molecule has 0 aliphatic rings. The first-order valence-electron chi connectivity index (χ1n) is 8.20. The van der Waals surface area contributed by atoms with Gasteiger partial charge in [0, 0.05) is 11.5 Å². The summed E-state index contributed by atoms with van der Waals surface area (Å²) in [4.78, 5) is 46.2. The topological polar surface area (TPSA) is 144 Å². The van der Waals surface area contributed by atoms with Crippen LogP contribution in [0.15, 0.2) is 21.3 Å². The van der Waals surface area contributed by atoms with Crippen LogP contribution in [-0.2, 0) is 20.8 Å². The average Bonchev–Trinajstić information content (AvgIpc) is 2.66. The number of benzene rings is 1. The van der Waals surface area contributed by atoms with Crippen molar-refractivity contribution in [3.8, 4) is 11.5 Å². The van der Waals surface area contributed by atoms with Crippen LogP contribution in [0, 0.1) is 6.92 Å². The third-order valence-corrected chi connectivity index (χ3v) is 4.01. The summed E-state index contributed by atoms with van der Waals surface area (Å²) >= 11 is 0. The smallest absolute Gasteiger partial charge is 0.340 e. The Kier molecular flexibility index (Phi) is 6.59. The summed E-state index contributed by atoms with van der Waals surface area (Å²) in [5.74, 6) is -1.60. The van der Waals surface area contributed by atoms with Gasteiger partial charge < -0.3 is 29.6 Å². The Balaban J connectivity index is 2.20. The Labute approximate surface area is 159 Å². The van der Waals surface area contributed by atoms with E-state index in [1.807, 2.05) is 0 Å². The summed E-state index contributed by atoms with van der Waals surface area (Å²) in [6.07, 6.45) is -0.301. The fourth-order valence-electron chi connectivity index (χ4n) is 2.56. The van der Waals surface area contributed by atoms with Crippen LogP contribution in [0.3, 0.4) is 0 Å². The second-order valence-electron chi connectivity index (χ2n) is 5.82. The molecule has 0 bridgehead atoms. The van der Waals surface area contributed by atoms with Crippen LogP contribution in [0.2, 0.25) is 0 Å². The zero-order valence-corrected chi connectivity index (χ0v) is 15.6. The molecule has 0 aliphatic heterocycles. The maximum absolute atomic E-state index is 12.3. The minimum Gasteiger partial charge on any atom is -0.493 e. The molecule has 2 rings (SSSR count). The largest absolute Gasteiger partial charge is 0.493 e. The van der Waals surface area contributed by atoms with E-state index in [1.165, 1.54) is 20.3 Å². The molecule has 0 unspecified atom stereocenters. The van der Waals surface area contributed by atoms with E-state index in [2.05, 4.69) is 10.6 Å². The van der Waals surface area contributed by atoms with Crippen molar-refractivity contribution in [1.82, 2.24) is 10.6 Å². The number of rotatable bonds is 8. The SMILES string of the molecule is COc1cc2oc(=O)c(CC(=O)NCC(=O)NCC(=O)O)c(C)c2cc1OC. The summed E-state index contributed by atoms with van der Waals surface area (Å²) in [5, 5.41) is 13.5. The summed E-state index contributed by atoms with van der Waals surface area (Å²) in [6, 6.07) is 3.17. The number of carboxylic acid groups (broad SMARTS) is 1. The van der Waals surface area contributed by atoms with E-state index >= 15 is 0 Å². The number of carboxylic acids is 1. The van der Waals surface area contributed by atoms with Gasteiger partial charge in [0.15, 0.2) is 11.5 Å². The van der Waals surface area contributed by atoms with E-state index < -0.39 is 36.5 Å². The van der Waals surface area contributed by atoms with E-state index in [4.69, 9.17) is 19.0 Å². The molecule has 10 nitrogen and oxygen atoms in total. The van der Waals surface area contributed by atoms with Crippen LogP contribution in [0.4, 0.5) is 0 Å². The molecular weight excluding hydrogens is 372 g/mol. The van der Waals surface area contributed by atoms with Crippen LogP contribution in [0.5, 0.6) is 11.5 Å². The maximum Gasteiger partial charge on any atom is 0.340 e. The number of carbonyl (C=O) groups is 3. The first-order chi connectivity index (χ1) is 13.3. The number of amides is 2. The molecule has 1 aromatic carbocycles. The highest BCUT2D eigenvalue weighted by Gasteiger charge is 2.18. The lowest BCUT2D eigenvalue weighted by Gasteiger charge is -2.12. The molecule has 0 saturated heterocycles. The Morgan fingerprint density at radius 1 is 1.04 bits per heavy atom. The molecule has 1 heterocycles. The lowest BCUT2D eigenvalue weighted by Crippen LogP contribution is -2.39. The van der Waals surface area contributed by atoms with E-state index in [0.29, 0.717) is 22.4 Å². The molecule has 0 aliphatic carbocycles. The van der Waals surface area contributed by atoms with Crippen LogP contribution >= 0.6 is 0 Å². The van der Waals surface area contributed by atoms with Gasteiger partial charge in [-0.3, -0.25) is 14.4 Å². The fourth-order valence-corrected chi connectivity index (χ4v) is 2.56. The van der Waals surface area contributed by atoms with Gasteiger partial charge in [-0.2, -0.15) is 0 Å². The van der Waals surface area contributed by atoms with Gasteiger partial charge in [-0.1, -0.05) is 0 Å². The summed E-state index contributed by atoms with van der Waals surface area (Å²) in [5.41, 5.74) is 0.293. The Bertz CT molecular complexity index is 980. The van der Waals surface area contributed by atoms with Crippen molar-refractivity contribution in [2.75, 3.05) is 27.3 Å². The lowest BCUT2D eigenvalue weighted by atomic mass is 10.0. The zero-order valence-electron chi connectivity index (χ0n) is 15.6. The number of ether oxygens (including phenoxy) is 2. The highest BCUT2D eigenvalue weighted by Crippen LogP contribution is 2.33. The number of nitrogens with one attached hydrogen (secondary N) is 2. The molecule has 150 valence electrons. The first kappa shape index (κ1) is 20.7. The minimum absolute atomic E-state index is 0.142. The highest BCUT2D eigenvalue weighted by molar-refractivity contribution is 5.89. The number of carbonyl (C=O) groups excluding carboxylic acids is 2. The van der Waals surface area contributed by atoms with Crippen molar-refractivity contribution >= 4 is 28.8 Å². The van der Waals surface area contributed by atoms with E-state index in [0.717, 1.165) is 0 Å². The van der Waals surface area contributed by atoms with E-state index in [-0.39, 0.29) is 17.6 Å². The van der Waals surface area contributed by atoms with Crippen molar-refractivity contribution in [2.45, 2.75) is 13.3 Å². The van der Waals surface area contributed by atoms with Crippen LogP contribution in [0.1, 0.15) is 11.1 Å². The maximum atomic E-state index is 12.3. The predicted octanol–water partition coefficient (Wildman–Crippen LogP) is -0.0219. The molecule has 0 radical (unpaired) electrons. The number of hydrogen-bond donors (Lipinski definition) is 3. The van der Waals surface area contributed by atoms with Crippen molar-refractivity contribution in [3.05, 3.63) is 33.7 Å². The molecule has 28 heavy (non-hydrogen) atoms. The van der Waals surface area contributed by atoms with Gasteiger partial charge in [0.2, 0.25) is 11.8 Å². The van der Waals surface area contributed by atoms with Gasteiger partial charge in [0.25, 0.3) is 0 Å². The Morgan fingerprint density at radius 2 is 1.64 bits per heavy atom. The van der Waals surface area contributed by atoms with Crippen molar-refractivity contribution in [3.63, 3.8) is 0 Å². The molecule has 3 N–H and O–H groups in total. The summed E-state index contributed by atoms with van der Waals surface area (Å²) in [6.45, 7) is 0.718. The van der Waals surface area contributed by atoms with E-state index in [9.17, 15) is 19.2 Å². The number of fused-ring (bicyclic) bond motifs is 1. The van der Waals surface area contributed by atoms with Gasteiger partial charge in [-0.25, -0.2) is 4.79 Å². The predicted molar refractivity (Wildman–Crippen MR) is 97.7 cm³/mol. The fraction of sp³-hybridized carbons (Fsp3) is 0.333. The molecule has 2 aromatic rings. The van der Waals surface area contributed by atoms with Gasteiger partial charge in [0.1, 0.15) is 12.1 Å². The molecule has 0 saturated carbocycles. The molecule has 2 amide bonds. The second kappa shape index (κ2) is 8.89. The number of aliphatic carboxylic acids is 1. The minimum atomic E-state index is -1.20. The normalized spacial score (nSPS) is 10.4. The second-order valence-corrected chi connectivity index (χ2v) is 5.82. The van der Waals surface area contributed by atoms with Crippen LogP contribution < -0.4 is 25.7 Å². The number of hydrogen-bond acceptors (Lipinski definition) is 7. The monoisotopic (exact) mass is 392 g/mol. The van der Waals surface area contributed by atoms with Crippen molar-refractivity contribution in [1.29, 1.82) is 0 Å².